The highest BCUT2D eigenvalue weighted by molar-refractivity contribution is 6.29. The van der Waals surface area contributed by atoms with Crippen LogP contribution >= 0.6 is 11.6 Å². The maximum atomic E-state index is 11.6. The Balaban J connectivity index is 2.94. The normalized spacial score (nSPS) is 10.4. The molecule has 1 aromatic heterocycles. The molecule has 0 spiro atoms. The van der Waals surface area contributed by atoms with E-state index in [1.807, 2.05) is 20.8 Å². The minimum absolute atomic E-state index is 0.0997. The molecule has 0 aromatic carbocycles. The lowest BCUT2D eigenvalue weighted by molar-refractivity contribution is 0.0937. The van der Waals surface area contributed by atoms with Gasteiger partial charge in [-0.25, -0.2) is 4.98 Å². The first-order chi connectivity index (χ1) is 6.50. The number of carbonyl (C=O) groups excluding carboxylic acids is 1. The van der Waals surface area contributed by atoms with Gasteiger partial charge in [0.25, 0.3) is 5.91 Å². The summed E-state index contributed by atoms with van der Waals surface area (Å²) in [4.78, 5) is 15.6. The minimum Gasteiger partial charge on any atom is -0.349 e. The molecule has 1 aromatic rings. The number of hydrogen-bond acceptors (Lipinski definition) is 2. The SMILES string of the molecule is Cc1ccc(Cl)nc1C(=O)NC(C)C. The Morgan fingerprint density at radius 2 is 2.14 bits per heavy atom. The van der Waals surface area contributed by atoms with Crippen LogP contribution in [0.2, 0.25) is 5.15 Å². The zero-order chi connectivity index (χ0) is 10.7. The highest BCUT2D eigenvalue weighted by atomic mass is 35.5. The van der Waals surface area contributed by atoms with Crippen LogP contribution in [0.25, 0.3) is 0 Å². The van der Waals surface area contributed by atoms with Crippen molar-refractivity contribution in [1.29, 1.82) is 0 Å². The quantitative estimate of drug-likeness (QED) is 0.764. The largest absolute Gasteiger partial charge is 0.349 e. The summed E-state index contributed by atoms with van der Waals surface area (Å²) in [7, 11) is 0. The Morgan fingerprint density at radius 1 is 1.50 bits per heavy atom. The lowest BCUT2D eigenvalue weighted by Gasteiger charge is -2.09. The monoisotopic (exact) mass is 212 g/mol. The molecule has 1 amide bonds. The fourth-order valence-electron chi connectivity index (χ4n) is 1.07. The molecule has 1 N–H and O–H groups in total. The third kappa shape index (κ3) is 2.70. The smallest absolute Gasteiger partial charge is 0.270 e. The van der Waals surface area contributed by atoms with Crippen LogP contribution in [0, 0.1) is 6.92 Å². The van der Waals surface area contributed by atoms with Gasteiger partial charge in [-0.2, -0.15) is 0 Å². The topological polar surface area (TPSA) is 42.0 Å². The summed E-state index contributed by atoms with van der Waals surface area (Å²) >= 11 is 5.71. The molecular weight excluding hydrogens is 200 g/mol. The van der Waals surface area contributed by atoms with Gasteiger partial charge in [0, 0.05) is 6.04 Å². The molecule has 0 aliphatic carbocycles. The zero-order valence-electron chi connectivity index (χ0n) is 8.47. The Hall–Kier alpha value is -1.09. The molecule has 1 heterocycles. The summed E-state index contributed by atoms with van der Waals surface area (Å²) in [6.45, 7) is 5.63. The van der Waals surface area contributed by atoms with Gasteiger partial charge < -0.3 is 5.32 Å². The van der Waals surface area contributed by atoms with Gasteiger partial charge in [0.05, 0.1) is 0 Å². The van der Waals surface area contributed by atoms with Gasteiger partial charge in [-0.1, -0.05) is 17.7 Å². The zero-order valence-corrected chi connectivity index (χ0v) is 9.22. The number of halogens is 1. The first-order valence-corrected chi connectivity index (χ1v) is 4.82. The van der Waals surface area contributed by atoms with E-state index < -0.39 is 0 Å². The number of rotatable bonds is 2. The first-order valence-electron chi connectivity index (χ1n) is 4.44. The van der Waals surface area contributed by atoms with Crippen molar-refractivity contribution in [3.63, 3.8) is 0 Å². The Bertz CT molecular complexity index is 350. The van der Waals surface area contributed by atoms with Crippen LogP contribution in [0.4, 0.5) is 0 Å². The molecule has 0 radical (unpaired) electrons. The van der Waals surface area contributed by atoms with Crippen LogP contribution < -0.4 is 5.32 Å². The van der Waals surface area contributed by atoms with Gasteiger partial charge >= 0.3 is 0 Å². The van der Waals surface area contributed by atoms with E-state index in [2.05, 4.69) is 10.3 Å². The highest BCUT2D eigenvalue weighted by Crippen LogP contribution is 2.10. The Kier molecular flexibility index (Phi) is 3.47. The number of amides is 1. The standard InChI is InChI=1S/C10H13ClN2O/c1-6(2)12-10(14)9-7(3)4-5-8(11)13-9/h4-6H,1-3H3,(H,12,14). The molecule has 76 valence electrons. The number of pyridine rings is 1. The van der Waals surface area contributed by atoms with Crippen molar-refractivity contribution in [1.82, 2.24) is 10.3 Å². The second kappa shape index (κ2) is 4.42. The van der Waals surface area contributed by atoms with Gasteiger partial charge in [0.1, 0.15) is 10.8 Å². The van der Waals surface area contributed by atoms with E-state index in [-0.39, 0.29) is 11.9 Å². The third-order valence-corrected chi connectivity index (χ3v) is 1.91. The number of aryl methyl sites for hydroxylation is 1. The van der Waals surface area contributed by atoms with Crippen molar-refractivity contribution in [3.05, 3.63) is 28.5 Å². The van der Waals surface area contributed by atoms with E-state index in [1.165, 1.54) is 0 Å². The predicted molar refractivity (Wildman–Crippen MR) is 56.6 cm³/mol. The van der Waals surface area contributed by atoms with Crippen molar-refractivity contribution >= 4 is 17.5 Å². The summed E-state index contributed by atoms with van der Waals surface area (Å²) in [6, 6.07) is 3.55. The predicted octanol–water partition coefficient (Wildman–Crippen LogP) is 2.18. The number of nitrogens with one attached hydrogen (secondary N) is 1. The molecule has 0 aliphatic heterocycles. The maximum Gasteiger partial charge on any atom is 0.270 e. The molecule has 0 saturated heterocycles. The number of hydrogen-bond donors (Lipinski definition) is 1. The average Bonchev–Trinajstić information content (AvgIpc) is 2.08. The molecule has 0 atom stereocenters. The van der Waals surface area contributed by atoms with Crippen LogP contribution in [0.15, 0.2) is 12.1 Å². The van der Waals surface area contributed by atoms with Gasteiger partial charge in [-0.3, -0.25) is 4.79 Å². The van der Waals surface area contributed by atoms with Crippen LogP contribution in [0.5, 0.6) is 0 Å². The van der Waals surface area contributed by atoms with Crippen LogP contribution in [0.1, 0.15) is 29.9 Å². The molecule has 3 nitrogen and oxygen atoms in total. The lowest BCUT2D eigenvalue weighted by Crippen LogP contribution is -2.31. The fraction of sp³-hybridized carbons (Fsp3) is 0.400. The van der Waals surface area contributed by atoms with Crippen LogP contribution in [-0.2, 0) is 0 Å². The summed E-state index contributed by atoms with van der Waals surface area (Å²) in [6.07, 6.45) is 0. The van der Waals surface area contributed by atoms with E-state index >= 15 is 0 Å². The van der Waals surface area contributed by atoms with E-state index in [0.29, 0.717) is 10.8 Å². The fourth-order valence-corrected chi connectivity index (χ4v) is 1.21. The molecule has 14 heavy (non-hydrogen) atoms. The lowest BCUT2D eigenvalue weighted by atomic mass is 10.2. The van der Waals surface area contributed by atoms with Crippen molar-refractivity contribution in [3.8, 4) is 0 Å². The van der Waals surface area contributed by atoms with E-state index in [4.69, 9.17) is 11.6 Å². The third-order valence-electron chi connectivity index (χ3n) is 1.70. The Morgan fingerprint density at radius 3 is 2.71 bits per heavy atom. The Labute approximate surface area is 88.5 Å². The molecule has 4 heteroatoms. The van der Waals surface area contributed by atoms with Gasteiger partial charge in [-0.15, -0.1) is 0 Å². The summed E-state index contributed by atoms with van der Waals surface area (Å²) < 4.78 is 0. The minimum atomic E-state index is -0.181. The molecule has 0 fully saturated rings. The summed E-state index contributed by atoms with van der Waals surface area (Å²) in [5.41, 5.74) is 1.22. The second-order valence-electron chi connectivity index (χ2n) is 3.43. The number of nitrogens with zero attached hydrogens (tertiary/aromatic N) is 1. The molecule has 0 saturated carbocycles. The first kappa shape index (κ1) is 11.0. The van der Waals surface area contributed by atoms with Gasteiger partial charge in [-0.05, 0) is 32.4 Å². The van der Waals surface area contributed by atoms with Crippen molar-refractivity contribution in [2.45, 2.75) is 26.8 Å². The second-order valence-corrected chi connectivity index (χ2v) is 3.81. The average molecular weight is 213 g/mol. The van der Waals surface area contributed by atoms with Gasteiger partial charge in [0.2, 0.25) is 0 Å². The molecular formula is C10H13ClN2O. The van der Waals surface area contributed by atoms with Crippen molar-refractivity contribution < 1.29 is 4.79 Å². The molecule has 0 bridgehead atoms. The van der Waals surface area contributed by atoms with Gasteiger partial charge in [0.15, 0.2) is 0 Å². The summed E-state index contributed by atoms with van der Waals surface area (Å²) in [5.74, 6) is -0.181. The van der Waals surface area contributed by atoms with Crippen molar-refractivity contribution in [2.24, 2.45) is 0 Å². The van der Waals surface area contributed by atoms with E-state index in [1.54, 1.807) is 12.1 Å². The van der Waals surface area contributed by atoms with E-state index in [9.17, 15) is 4.79 Å². The molecule has 1 rings (SSSR count). The van der Waals surface area contributed by atoms with Crippen LogP contribution in [0.3, 0.4) is 0 Å². The molecule has 0 unspecified atom stereocenters. The molecule has 0 aliphatic rings. The summed E-state index contributed by atoms with van der Waals surface area (Å²) in [5, 5.41) is 3.10. The maximum absolute atomic E-state index is 11.6. The van der Waals surface area contributed by atoms with Crippen molar-refractivity contribution in [2.75, 3.05) is 0 Å². The number of aromatic nitrogens is 1. The highest BCUT2D eigenvalue weighted by Gasteiger charge is 2.11. The van der Waals surface area contributed by atoms with Crippen LogP contribution in [-0.4, -0.2) is 16.9 Å². The van der Waals surface area contributed by atoms with E-state index in [0.717, 1.165) is 5.56 Å². The number of carbonyl (C=O) groups is 1.